The van der Waals surface area contributed by atoms with Crippen molar-refractivity contribution < 1.29 is 0 Å². The molecule has 4 nitrogen and oxygen atoms in total. The molecule has 0 saturated carbocycles. The van der Waals surface area contributed by atoms with Gasteiger partial charge in [0.2, 0.25) is 0 Å². The maximum Gasteiger partial charge on any atom is 0.0715 e. The Balaban J connectivity index is 3.18. The average Bonchev–Trinajstić information content (AvgIpc) is 2.71. The van der Waals surface area contributed by atoms with Crippen LogP contribution in [-0.4, -0.2) is 33.3 Å². The van der Waals surface area contributed by atoms with Crippen molar-refractivity contribution in [2.24, 2.45) is 5.73 Å². The molecule has 0 spiro atoms. The number of aromatic nitrogens is 2. The fraction of sp³-hybridized carbons (Fsp3) is 0.786. The van der Waals surface area contributed by atoms with Crippen molar-refractivity contribution in [3.05, 3.63) is 16.4 Å². The van der Waals surface area contributed by atoms with Gasteiger partial charge in [0.25, 0.3) is 0 Å². The van der Waals surface area contributed by atoms with Gasteiger partial charge in [0.05, 0.1) is 22.4 Å². The van der Waals surface area contributed by atoms with E-state index in [9.17, 15) is 0 Å². The summed E-state index contributed by atoms with van der Waals surface area (Å²) in [5.41, 5.74) is 7.54. The molecular weight excluding hydrogens is 304 g/mol. The summed E-state index contributed by atoms with van der Waals surface area (Å²) in [4.78, 5) is 2.39. The molecule has 0 aliphatic carbocycles. The summed E-state index contributed by atoms with van der Waals surface area (Å²) in [6, 6.07) is 0.214. The van der Waals surface area contributed by atoms with E-state index in [0.29, 0.717) is 6.04 Å². The minimum atomic E-state index is -0.112. The van der Waals surface area contributed by atoms with Crippen molar-refractivity contribution in [2.45, 2.75) is 59.2 Å². The molecule has 0 saturated heterocycles. The molecule has 1 heterocycles. The quantitative estimate of drug-likeness (QED) is 0.870. The number of nitrogens with two attached hydrogens (primary N) is 1. The average molecular weight is 331 g/mol. The van der Waals surface area contributed by atoms with Crippen LogP contribution >= 0.6 is 15.9 Å². The molecule has 0 aliphatic heterocycles. The van der Waals surface area contributed by atoms with Gasteiger partial charge in [-0.25, -0.2) is 0 Å². The lowest BCUT2D eigenvalue weighted by molar-refractivity contribution is 0.103. The summed E-state index contributed by atoms with van der Waals surface area (Å²) in [7, 11) is 0. The van der Waals surface area contributed by atoms with Gasteiger partial charge in [0.1, 0.15) is 0 Å². The second-order valence-corrected chi connectivity index (χ2v) is 6.57. The molecule has 5 heteroatoms. The molecule has 1 rings (SSSR count). The van der Waals surface area contributed by atoms with E-state index in [1.165, 1.54) is 0 Å². The van der Waals surface area contributed by atoms with Gasteiger partial charge >= 0.3 is 0 Å². The van der Waals surface area contributed by atoms with Gasteiger partial charge in [0.15, 0.2) is 0 Å². The summed E-state index contributed by atoms with van der Waals surface area (Å²) < 4.78 is 3.01. The number of nitrogens with zero attached hydrogens (tertiary/aromatic N) is 3. The topological polar surface area (TPSA) is 47.1 Å². The molecule has 0 amide bonds. The molecule has 0 aliphatic rings. The Morgan fingerprint density at radius 2 is 1.89 bits per heavy atom. The highest BCUT2D eigenvalue weighted by atomic mass is 79.9. The maximum atomic E-state index is 6.58. The largest absolute Gasteiger partial charge is 0.321 e. The zero-order chi connectivity index (χ0) is 14.8. The van der Waals surface area contributed by atoms with Crippen molar-refractivity contribution in [3.63, 3.8) is 0 Å². The molecule has 19 heavy (non-hydrogen) atoms. The lowest BCUT2D eigenvalue weighted by Gasteiger charge is -2.42. The highest BCUT2D eigenvalue weighted by Crippen LogP contribution is 2.34. The summed E-state index contributed by atoms with van der Waals surface area (Å²) >= 11 is 3.59. The normalized spacial score (nSPS) is 14.4. The second-order valence-electron chi connectivity index (χ2n) is 5.72. The maximum absolute atomic E-state index is 6.58. The van der Waals surface area contributed by atoms with Crippen LogP contribution in [0.25, 0.3) is 0 Å². The molecule has 2 N–H and O–H groups in total. The Morgan fingerprint density at radius 1 is 1.37 bits per heavy atom. The van der Waals surface area contributed by atoms with Crippen LogP contribution in [0.15, 0.2) is 10.7 Å². The monoisotopic (exact) mass is 330 g/mol. The minimum Gasteiger partial charge on any atom is -0.321 e. The smallest absolute Gasteiger partial charge is 0.0715 e. The van der Waals surface area contributed by atoms with Crippen molar-refractivity contribution in [2.75, 3.05) is 13.1 Å². The second kappa shape index (κ2) is 6.37. The van der Waals surface area contributed by atoms with E-state index in [2.05, 4.69) is 67.5 Å². The number of hydrogen-bond acceptors (Lipinski definition) is 3. The Morgan fingerprint density at radius 3 is 2.32 bits per heavy atom. The van der Waals surface area contributed by atoms with Crippen molar-refractivity contribution in [3.8, 4) is 0 Å². The van der Waals surface area contributed by atoms with E-state index in [1.54, 1.807) is 0 Å². The molecular formula is C14H27BrN4. The molecule has 110 valence electrons. The van der Waals surface area contributed by atoms with E-state index in [-0.39, 0.29) is 11.6 Å². The van der Waals surface area contributed by atoms with E-state index in [0.717, 1.165) is 23.3 Å². The van der Waals surface area contributed by atoms with Crippen LogP contribution in [0.2, 0.25) is 0 Å². The zero-order valence-electron chi connectivity index (χ0n) is 12.9. The molecule has 1 atom stereocenters. The van der Waals surface area contributed by atoms with Crippen LogP contribution in [0.4, 0.5) is 0 Å². The molecule has 1 aromatic rings. The van der Waals surface area contributed by atoms with E-state index in [1.807, 2.05) is 10.9 Å². The van der Waals surface area contributed by atoms with Gasteiger partial charge < -0.3 is 5.73 Å². The van der Waals surface area contributed by atoms with E-state index < -0.39 is 0 Å². The van der Waals surface area contributed by atoms with E-state index >= 15 is 0 Å². The Kier molecular flexibility index (Phi) is 5.59. The van der Waals surface area contributed by atoms with Gasteiger partial charge in [-0.15, -0.1) is 0 Å². The lowest BCUT2D eigenvalue weighted by Crippen LogP contribution is -2.51. The SMILES string of the molecule is CCN(CC)C(C)(C)C(N)c1c(Br)cnn1C(C)C. The summed E-state index contributed by atoms with van der Waals surface area (Å²) in [6.45, 7) is 15.0. The van der Waals surface area contributed by atoms with Crippen LogP contribution in [0.3, 0.4) is 0 Å². The highest BCUT2D eigenvalue weighted by Gasteiger charge is 2.36. The third kappa shape index (κ3) is 3.20. The highest BCUT2D eigenvalue weighted by molar-refractivity contribution is 9.10. The van der Waals surface area contributed by atoms with Gasteiger partial charge in [-0.2, -0.15) is 5.10 Å². The van der Waals surface area contributed by atoms with Crippen LogP contribution < -0.4 is 5.73 Å². The molecule has 0 bridgehead atoms. The van der Waals surface area contributed by atoms with Crippen molar-refractivity contribution in [1.82, 2.24) is 14.7 Å². The number of hydrogen-bond donors (Lipinski definition) is 1. The van der Waals surface area contributed by atoms with Crippen LogP contribution in [0.5, 0.6) is 0 Å². The van der Waals surface area contributed by atoms with Gasteiger partial charge in [-0.05, 0) is 56.7 Å². The van der Waals surface area contributed by atoms with Gasteiger partial charge in [-0.1, -0.05) is 13.8 Å². The summed E-state index contributed by atoms with van der Waals surface area (Å²) in [5, 5.41) is 4.43. The van der Waals surface area contributed by atoms with Crippen LogP contribution in [0.1, 0.15) is 59.3 Å². The summed E-state index contributed by atoms with van der Waals surface area (Å²) in [5.74, 6) is 0. The zero-order valence-corrected chi connectivity index (χ0v) is 14.5. The van der Waals surface area contributed by atoms with E-state index in [4.69, 9.17) is 5.73 Å². The standard InChI is InChI=1S/C14H27BrN4/c1-7-18(8-2)14(5,6)13(16)12-11(15)9-17-19(12)10(3)4/h9-10,13H,7-8,16H2,1-6H3. The van der Waals surface area contributed by atoms with Gasteiger partial charge in [-0.3, -0.25) is 9.58 Å². The molecule has 1 aromatic heterocycles. The molecule has 0 aromatic carbocycles. The first kappa shape index (κ1) is 16.7. The Hall–Kier alpha value is -0.390. The third-order valence-electron chi connectivity index (χ3n) is 3.91. The number of likely N-dealkylation sites (N-methyl/N-ethyl adjacent to an activating group) is 1. The van der Waals surface area contributed by atoms with Gasteiger partial charge in [0, 0.05) is 11.6 Å². The third-order valence-corrected chi connectivity index (χ3v) is 4.52. The fourth-order valence-electron chi connectivity index (χ4n) is 2.62. The fourth-order valence-corrected chi connectivity index (χ4v) is 3.14. The predicted octanol–water partition coefficient (Wildman–Crippen LogP) is 3.35. The van der Waals surface area contributed by atoms with Crippen LogP contribution in [-0.2, 0) is 0 Å². The first-order valence-electron chi connectivity index (χ1n) is 7.00. The number of halogens is 1. The lowest BCUT2D eigenvalue weighted by atomic mass is 9.90. The first-order valence-corrected chi connectivity index (χ1v) is 7.80. The Bertz CT molecular complexity index is 408. The molecule has 0 radical (unpaired) electrons. The summed E-state index contributed by atoms with van der Waals surface area (Å²) in [6.07, 6.45) is 1.84. The number of rotatable bonds is 6. The first-order chi connectivity index (χ1) is 8.77. The Labute approximate surface area is 125 Å². The van der Waals surface area contributed by atoms with Crippen molar-refractivity contribution >= 4 is 15.9 Å². The van der Waals surface area contributed by atoms with Crippen molar-refractivity contribution in [1.29, 1.82) is 0 Å². The minimum absolute atomic E-state index is 0.0910. The molecule has 1 unspecified atom stereocenters. The predicted molar refractivity (Wildman–Crippen MR) is 84.2 cm³/mol. The van der Waals surface area contributed by atoms with Crippen LogP contribution in [0, 0.1) is 0 Å². The molecule has 0 fully saturated rings.